The first kappa shape index (κ1) is 22.4. The lowest BCUT2D eigenvalue weighted by molar-refractivity contribution is -0.143. The molecule has 0 heterocycles. The quantitative estimate of drug-likeness (QED) is 0.407. The number of carboxylic acid groups (broad SMARTS) is 2. The summed E-state index contributed by atoms with van der Waals surface area (Å²) in [4.78, 5) is 47.0. The number of ether oxygens (including phenoxy) is 1. The maximum Gasteiger partial charge on any atom is 0.408 e. The third kappa shape index (κ3) is 7.53. The highest BCUT2D eigenvalue weighted by Gasteiger charge is 2.31. The molecule has 9 nitrogen and oxygen atoms in total. The van der Waals surface area contributed by atoms with Crippen molar-refractivity contribution in [3.63, 3.8) is 0 Å². The maximum atomic E-state index is 12.3. The molecule has 1 aliphatic carbocycles. The van der Waals surface area contributed by atoms with E-state index < -0.39 is 35.9 Å². The molecule has 29 heavy (non-hydrogen) atoms. The van der Waals surface area contributed by atoms with Crippen LogP contribution in [0.4, 0.5) is 4.79 Å². The number of carbonyl (C=O) groups excluding carboxylic acids is 2. The van der Waals surface area contributed by atoms with Crippen LogP contribution in [0.15, 0.2) is 30.3 Å². The molecule has 4 N–H and O–H groups in total. The van der Waals surface area contributed by atoms with Gasteiger partial charge in [-0.15, -0.1) is 0 Å². The van der Waals surface area contributed by atoms with Gasteiger partial charge < -0.3 is 20.3 Å². The van der Waals surface area contributed by atoms with Crippen LogP contribution >= 0.6 is 0 Å². The molecule has 0 radical (unpaired) electrons. The van der Waals surface area contributed by atoms with Crippen molar-refractivity contribution in [3.05, 3.63) is 35.9 Å². The van der Waals surface area contributed by atoms with E-state index in [9.17, 15) is 29.4 Å². The van der Waals surface area contributed by atoms with Gasteiger partial charge in [-0.2, -0.15) is 0 Å². The Morgan fingerprint density at radius 3 is 2.28 bits per heavy atom. The normalized spacial score (nSPS) is 16.0. The Labute approximate surface area is 168 Å². The van der Waals surface area contributed by atoms with Crippen LogP contribution < -0.4 is 10.6 Å². The van der Waals surface area contributed by atoms with Gasteiger partial charge in [-0.05, 0) is 24.8 Å². The predicted octanol–water partition coefficient (Wildman–Crippen LogP) is 1.70. The third-order valence-corrected chi connectivity index (χ3v) is 4.81. The van der Waals surface area contributed by atoms with Crippen molar-refractivity contribution in [1.82, 2.24) is 10.6 Å². The summed E-state index contributed by atoms with van der Waals surface area (Å²) in [5.74, 6) is -3.23. The zero-order valence-corrected chi connectivity index (χ0v) is 16.0. The Balaban J connectivity index is 1.83. The lowest BCUT2D eigenvalue weighted by atomic mass is 10.0. The monoisotopic (exact) mass is 406 g/mol. The molecule has 2 unspecified atom stereocenters. The molecule has 0 aromatic heterocycles. The second kappa shape index (κ2) is 11.2. The summed E-state index contributed by atoms with van der Waals surface area (Å²) < 4.78 is 4.99. The van der Waals surface area contributed by atoms with Gasteiger partial charge in [-0.3, -0.25) is 14.9 Å². The lowest BCUT2D eigenvalue weighted by Crippen LogP contribution is -2.48. The number of carbonyl (C=O) groups is 4. The Kier molecular flexibility index (Phi) is 8.60. The minimum atomic E-state index is -1.38. The molecule has 158 valence electrons. The Morgan fingerprint density at radius 1 is 1.03 bits per heavy atom. The minimum Gasteiger partial charge on any atom is -0.480 e. The predicted molar refractivity (Wildman–Crippen MR) is 102 cm³/mol. The van der Waals surface area contributed by atoms with Gasteiger partial charge in [0, 0.05) is 12.5 Å². The summed E-state index contributed by atoms with van der Waals surface area (Å²) in [6.45, 7) is -0.0235. The van der Waals surface area contributed by atoms with Crippen LogP contribution in [-0.4, -0.2) is 52.2 Å². The molecule has 0 spiro atoms. The molecule has 1 amide bonds. The second-order valence-electron chi connectivity index (χ2n) is 7.02. The number of ketones is 1. The van der Waals surface area contributed by atoms with E-state index >= 15 is 0 Å². The average Bonchev–Trinajstić information content (AvgIpc) is 3.21. The highest BCUT2D eigenvalue weighted by atomic mass is 16.5. The fraction of sp³-hybridized carbons (Fsp3) is 0.500. The molecule has 1 saturated carbocycles. The molecule has 0 aliphatic heterocycles. The van der Waals surface area contributed by atoms with Gasteiger partial charge >= 0.3 is 18.0 Å². The van der Waals surface area contributed by atoms with Crippen LogP contribution in [0, 0.1) is 0 Å². The number of carboxylic acids is 2. The van der Waals surface area contributed by atoms with E-state index in [0.29, 0.717) is 0 Å². The number of Topliss-reactive ketones (excluding diaryl/α,β-unsaturated/α-hetero) is 1. The molecule has 9 heteroatoms. The summed E-state index contributed by atoms with van der Waals surface area (Å²) in [5, 5.41) is 23.6. The topological polar surface area (TPSA) is 142 Å². The summed E-state index contributed by atoms with van der Waals surface area (Å²) >= 11 is 0. The zero-order valence-electron chi connectivity index (χ0n) is 16.0. The molecule has 2 rings (SSSR count). The van der Waals surface area contributed by atoms with Gasteiger partial charge in [0.2, 0.25) is 0 Å². The van der Waals surface area contributed by atoms with Crippen LogP contribution in [0.25, 0.3) is 0 Å². The first-order chi connectivity index (χ1) is 13.9. The number of alkyl carbamates (subject to hydrolysis) is 1. The van der Waals surface area contributed by atoms with Crippen LogP contribution in [0.2, 0.25) is 0 Å². The largest absolute Gasteiger partial charge is 0.480 e. The Morgan fingerprint density at radius 2 is 1.69 bits per heavy atom. The molecular weight excluding hydrogens is 380 g/mol. The van der Waals surface area contributed by atoms with Crippen molar-refractivity contribution in [2.75, 3.05) is 0 Å². The maximum absolute atomic E-state index is 12.3. The van der Waals surface area contributed by atoms with E-state index in [0.717, 1.165) is 31.2 Å². The van der Waals surface area contributed by atoms with Crippen LogP contribution in [0.3, 0.4) is 0 Å². The zero-order chi connectivity index (χ0) is 21.2. The highest BCUT2D eigenvalue weighted by Crippen LogP contribution is 2.18. The van der Waals surface area contributed by atoms with E-state index in [1.165, 1.54) is 0 Å². The molecule has 1 fully saturated rings. The Hall–Kier alpha value is -2.94. The van der Waals surface area contributed by atoms with Crippen molar-refractivity contribution in [2.24, 2.45) is 0 Å². The molecule has 0 saturated heterocycles. The molecule has 1 aromatic carbocycles. The van der Waals surface area contributed by atoms with E-state index in [1.807, 2.05) is 6.07 Å². The van der Waals surface area contributed by atoms with Crippen molar-refractivity contribution >= 4 is 23.8 Å². The fourth-order valence-electron chi connectivity index (χ4n) is 3.23. The molecule has 0 bridgehead atoms. The SMILES string of the molecule is O=C(NC(CCC(=O)C(NC1CCCC1)C(=O)O)C(=O)O)OCc1ccccc1. The van der Waals surface area contributed by atoms with Gasteiger partial charge in [-0.1, -0.05) is 43.2 Å². The summed E-state index contributed by atoms with van der Waals surface area (Å²) in [7, 11) is 0. The van der Waals surface area contributed by atoms with E-state index in [2.05, 4.69) is 10.6 Å². The van der Waals surface area contributed by atoms with Gasteiger partial charge in [0.15, 0.2) is 11.8 Å². The summed E-state index contributed by atoms with van der Waals surface area (Å²) in [6.07, 6.45) is 2.13. The Bertz CT molecular complexity index is 717. The first-order valence-corrected chi connectivity index (χ1v) is 9.58. The number of amides is 1. The number of hydrogen-bond donors (Lipinski definition) is 4. The van der Waals surface area contributed by atoms with Crippen molar-refractivity contribution in [1.29, 1.82) is 0 Å². The summed E-state index contributed by atoms with van der Waals surface area (Å²) in [5.41, 5.74) is 0.743. The fourth-order valence-corrected chi connectivity index (χ4v) is 3.23. The van der Waals surface area contributed by atoms with Crippen LogP contribution in [0.5, 0.6) is 0 Å². The van der Waals surface area contributed by atoms with E-state index in [4.69, 9.17) is 4.74 Å². The van der Waals surface area contributed by atoms with Gasteiger partial charge in [0.25, 0.3) is 0 Å². The number of hydrogen-bond acceptors (Lipinski definition) is 6. The van der Waals surface area contributed by atoms with Crippen molar-refractivity contribution in [3.8, 4) is 0 Å². The second-order valence-corrected chi connectivity index (χ2v) is 7.02. The van der Waals surface area contributed by atoms with E-state index in [-0.39, 0.29) is 25.5 Å². The summed E-state index contributed by atoms with van der Waals surface area (Å²) in [6, 6.07) is 6.12. The van der Waals surface area contributed by atoms with Crippen molar-refractivity contribution < 1.29 is 34.1 Å². The van der Waals surface area contributed by atoms with Gasteiger partial charge in [0.05, 0.1) is 0 Å². The molecule has 1 aromatic rings. The molecular formula is C20H26N2O7. The number of rotatable bonds is 11. The standard InChI is InChI=1S/C20H26N2O7/c23-16(17(19(26)27)21-14-8-4-5-9-14)11-10-15(18(24)25)22-20(28)29-12-13-6-2-1-3-7-13/h1-3,6-7,14-15,17,21H,4-5,8-12H2,(H,22,28)(H,24,25)(H,26,27). The van der Waals surface area contributed by atoms with Crippen LogP contribution in [0.1, 0.15) is 44.1 Å². The number of aliphatic carboxylic acids is 2. The number of nitrogens with one attached hydrogen (secondary N) is 2. The third-order valence-electron chi connectivity index (χ3n) is 4.81. The van der Waals surface area contributed by atoms with Crippen LogP contribution in [-0.2, 0) is 25.7 Å². The highest BCUT2D eigenvalue weighted by molar-refractivity contribution is 6.02. The smallest absolute Gasteiger partial charge is 0.408 e. The van der Waals surface area contributed by atoms with Crippen molar-refractivity contribution in [2.45, 2.75) is 63.3 Å². The minimum absolute atomic E-state index is 0.0235. The lowest BCUT2D eigenvalue weighted by Gasteiger charge is -2.19. The average molecular weight is 406 g/mol. The molecule has 1 aliphatic rings. The number of benzene rings is 1. The first-order valence-electron chi connectivity index (χ1n) is 9.58. The van der Waals surface area contributed by atoms with E-state index in [1.54, 1.807) is 24.3 Å². The van der Waals surface area contributed by atoms with Gasteiger partial charge in [-0.25, -0.2) is 9.59 Å². The van der Waals surface area contributed by atoms with Gasteiger partial charge in [0.1, 0.15) is 12.6 Å². The molecule has 2 atom stereocenters.